The Balaban J connectivity index is 1.87. The van der Waals surface area contributed by atoms with Crippen LogP contribution in [0.1, 0.15) is 19.3 Å². The Bertz CT molecular complexity index is 346. The third-order valence-corrected chi connectivity index (χ3v) is 4.30. The molecule has 2 unspecified atom stereocenters. The summed E-state index contributed by atoms with van der Waals surface area (Å²) in [6.45, 7) is 1.10. The number of carbonyl (C=O) groups is 1. The van der Waals surface area contributed by atoms with E-state index in [2.05, 4.69) is 0 Å². The second kappa shape index (κ2) is 2.34. The molecule has 2 saturated heterocycles. The Morgan fingerprint density at radius 1 is 1.40 bits per heavy atom. The van der Waals surface area contributed by atoms with Gasteiger partial charge in [-0.1, -0.05) is 0 Å². The van der Waals surface area contributed by atoms with Crippen LogP contribution in [-0.2, 0) is 9.53 Å². The molecule has 0 aromatic heterocycles. The number of ether oxygens (including phenoxy) is 1. The molecular formula is C10H13F2NO2. The number of alkyl halides is 2. The fourth-order valence-electron chi connectivity index (χ4n) is 3.19. The monoisotopic (exact) mass is 217 g/mol. The highest BCUT2D eigenvalue weighted by molar-refractivity contribution is 5.83. The molecule has 15 heavy (non-hydrogen) atoms. The van der Waals surface area contributed by atoms with E-state index in [4.69, 9.17) is 4.74 Å². The molecule has 5 heteroatoms. The lowest BCUT2D eigenvalue weighted by molar-refractivity contribution is -0.161. The van der Waals surface area contributed by atoms with Crippen molar-refractivity contribution in [2.24, 2.45) is 5.41 Å². The van der Waals surface area contributed by atoms with Crippen molar-refractivity contribution in [3.8, 4) is 0 Å². The van der Waals surface area contributed by atoms with Gasteiger partial charge in [0, 0.05) is 19.5 Å². The largest absolute Gasteiger partial charge is 0.468 e. The first kappa shape index (κ1) is 9.51. The minimum atomic E-state index is -2.56. The summed E-state index contributed by atoms with van der Waals surface area (Å²) in [5, 5.41) is 0. The molecule has 3 nitrogen and oxygen atoms in total. The normalized spacial score (nSPS) is 46.1. The average Bonchev–Trinajstić information content (AvgIpc) is 2.61. The Kier molecular flexibility index (Phi) is 1.48. The van der Waals surface area contributed by atoms with Crippen molar-refractivity contribution in [1.82, 2.24) is 4.90 Å². The molecule has 2 aliphatic heterocycles. The molecule has 1 saturated carbocycles. The van der Waals surface area contributed by atoms with Crippen molar-refractivity contribution in [2.75, 3.05) is 20.2 Å². The maximum Gasteiger partial charge on any atom is 0.326 e. The van der Waals surface area contributed by atoms with Crippen LogP contribution in [0.25, 0.3) is 0 Å². The molecule has 1 aliphatic carbocycles. The number of hydrogen-bond donors (Lipinski definition) is 0. The summed E-state index contributed by atoms with van der Waals surface area (Å²) in [5.41, 5.74) is -1.63. The first-order chi connectivity index (χ1) is 6.96. The van der Waals surface area contributed by atoms with Crippen molar-refractivity contribution in [3.63, 3.8) is 0 Å². The van der Waals surface area contributed by atoms with Crippen molar-refractivity contribution in [3.05, 3.63) is 0 Å². The van der Waals surface area contributed by atoms with Gasteiger partial charge < -0.3 is 4.74 Å². The molecule has 3 aliphatic rings. The number of carbonyl (C=O) groups excluding carboxylic acids is 1. The minimum Gasteiger partial charge on any atom is -0.468 e. The van der Waals surface area contributed by atoms with Gasteiger partial charge in [-0.2, -0.15) is 0 Å². The third kappa shape index (κ3) is 0.904. The van der Waals surface area contributed by atoms with Gasteiger partial charge in [-0.3, -0.25) is 9.69 Å². The van der Waals surface area contributed by atoms with Gasteiger partial charge in [-0.05, 0) is 12.8 Å². The highest BCUT2D eigenvalue weighted by Crippen LogP contribution is 2.70. The summed E-state index contributed by atoms with van der Waals surface area (Å²) < 4.78 is 31.2. The maximum atomic E-state index is 13.2. The molecule has 0 bridgehead atoms. The van der Waals surface area contributed by atoms with E-state index >= 15 is 0 Å². The van der Waals surface area contributed by atoms with Crippen LogP contribution in [0.4, 0.5) is 8.78 Å². The van der Waals surface area contributed by atoms with E-state index in [1.165, 1.54) is 7.11 Å². The van der Waals surface area contributed by atoms with Crippen LogP contribution in [-0.4, -0.2) is 42.5 Å². The predicted octanol–water partition coefficient (Wildman–Crippen LogP) is 1.03. The second-order valence-corrected chi connectivity index (χ2v) is 5.03. The van der Waals surface area contributed by atoms with Gasteiger partial charge in [-0.15, -0.1) is 0 Å². The van der Waals surface area contributed by atoms with Gasteiger partial charge >= 0.3 is 5.97 Å². The third-order valence-electron chi connectivity index (χ3n) is 4.30. The van der Waals surface area contributed by atoms with Crippen molar-refractivity contribution >= 4 is 5.97 Å². The average molecular weight is 217 g/mol. The molecular weight excluding hydrogens is 204 g/mol. The second-order valence-electron chi connectivity index (χ2n) is 5.03. The molecule has 2 heterocycles. The van der Waals surface area contributed by atoms with Crippen LogP contribution >= 0.6 is 0 Å². The van der Waals surface area contributed by atoms with Crippen LogP contribution in [0, 0.1) is 5.41 Å². The van der Waals surface area contributed by atoms with Crippen LogP contribution in [0.5, 0.6) is 0 Å². The number of rotatable bonds is 1. The van der Waals surface area contributed by atoms with Gasteiger partial charge in [0.1, 0.15) is 5.54 Å². The topological polar surface area (TPSA) is 29.5 Å². The van der Waals surface area contributed by atoms with Gasteiger partial charge in [0.25, 0.3) is 5.92 Å². The maximum absolute atomic E-state index is 13.2. The zero-order valence-corrected chi connectivity index (χ0v) is 8.56. The smallest absolute Gasteiger partial charge is 0.326 e. The molecule has 3 rings (SSSR count). The molecule has 1 spiro atoms. The van der Waals surface area contributed by atoms with E-state index in [1.54, 1.807) is 0 Å². The molecule has 0 radical (unpaired) electrons. The van der Waals surface area contributed by atoms with Crippen molar-refractivity contribution in [1.29, 1.82) is 0 Å². The summed E-state index contributed by atoms with van der Waals surface area (Å²) >= 11 is 0. The van der Waals surface area contributed by atoms with E-state index in [0.717, 1.165) is 6.54 Å². The molecule has 84 valence electrons. The summed E-state index contributed by atoms with van der Waals surface area (Å²) in [6.07, 6.45) is 0.881. The van der Waals surface area contributed by atoms with Crippen LogP contribution in [0.15, 0.2) is 0 Å². The molecule has 0 N–H and O–H groups in total. The number of methoxy groups -OCH3 is 1. The van der Waals surface area contributed by atoms with Crippen molar-refractivity contribution < 1.29 is 18.3 Å². The highest BCUT2D eigenvalue weighted by Gasteiger charge is 2.79. The quantitative estimate of drug-likeness (QED) is 0.614. The summed E-state index contributed by atoms with van der Waals surface area (Å²) in [5.74, 6) is -2.90. The van der Waals surface area contributed by atoms with Gasteiger partial charge in [0.2, 0.25) is 0 Å². The van der Waals surface area contributed by atoms with Crippen molar-refractivity contribution in [2.45, 2.75) is 30.7 Å². The van der Waals surface area contributed by atoms with Crippen LogP contribution in [0.3, 0.4) is 0 Å². The minimum absolute atomic E-state index is 0.0603. The highest BCUT2D eigenvalue weighted by atomic mass is 19.3. The van der Waals surface area contributed by atoms with E-state index in [-0.39, 0.29) is 18.8 Å². The van der Waals surface area contributed by atoms with E-state index in [9.17, 15) is 13.6 Å². The molecule has 3 fully saturated rings. The van der Waals surface area contributed by atoms with E-state index in [1.807, 2.05) is 4.90 Å². The zero-order valence-electron chi connectivity index (χ0n) is 8.56. The molecule has 0 aromatic carbocycles. The standard InChI is InChI=1S/C10H13F2NO2/c1-15-7(14)9-2-3-13(9)6-8(4-9)5-10(8,11)12/h2-6H2,1H3. The number of fused-ring (bicyclic) bond motifs is 1. The lowest BCUT2D eigenvalue weighted by Gasteiger charge is -2.45. The summed E-state index contributed by atoms with van der Waals surface area (Å²) in [6, 6.07) is 0. The number of hydrogen-bond acceptors (Lipinski definition) is 3. The fourth-order valence-corrected chi connectivity index (χ4v) is 3.19. The van der Waals surface area contributed by atoms with Crippen LogP contribution in [0.2, 0.25) is 0 Å². The zero-order chi connectivity index (χ0) is 10.9. The first-order valence-electron chi connectivity index (χ1n) is 5.17. The van der Waals surface area contributed by atoms with Gasteiger partial charge in [0.15, 0.2) is 0 Å². The Labute approximate surface area is 86.4 Å². The Morgan fingerprint density at radius 2 is 2.07 bits per heavy atom. The summed E-state index contributed by atoms with van der Waals surface area (Å²) in [7, 11) is 1.32. The van der Waals surface area contributed by atoms with Crippen LogP contribution < -0.4 is 0 Å². The van der Waals surface area contributed by atoms with E-state index < -0.39 is 16.9 Å². The number of nitrogens with zero attached hydrogens (tertiary/aromatic N) is 1. The fraction of sp³-hybridized carbons (Fsp3) is 0.900. The Morgan fingerprint density at radius 3 is 2.47 bits per heavy atom. The predicted molar refractivity (Wildman–Crippen MR) is 47.6 cm³/mol. The molecule has 0 amide bonds. The first-order valence-corrected chi connectivity index (χ1v) is 5.17. The molecule has 0 aromatic rings. The van der Waals surface area contributed by atoms with Gasteiger partial charge in [-0.25, -0.2) is 8.78 Å². The summed E-state index contributed by atoms with van der Waals surface area (Å²) in [4.78, 5) is 13.5. The molecule has 2 atom stereocenters. The lowest BCUT2D eigenvalue weighted by Crippen LogP contribution is -2.61. The van der Waals surface area contributed by atoms with Gasteiger partial charge in [0.05, 0.1) is 12.5 Å². The number of esters is 1. The Hall–Kier alpha value is -0.710. The SMILES string of the molecule is COC(=O)C12CCN1CC1(C2)CC1(F)F. The van der Waals surface area contributed by atoms with E-state index in [0.29, 0.717) is 13.0 Å². The number of halogens is 2. The lowest BCUT2D eigenvalue weighted by atomic mass is 9.82.